The van der Waals surface area contributed by atoms with E-state index in [4.69, 9.17) is 23.2 Å². The van der Waals surface area contributed by atoms with E-state index in [0.717, 1.165) is 5.56 Å². The Kier molecular flexibility index (Phi) is 4.44. The third-order valence-electron chi connectivity index (χ3n) is 3.02. The Bertz CT molecular complexity index is 687. The fraction of sp³-hybridized carbons (Fsp3) is 0.125. The molecule has 0 aliphatic rings. The van der Waals surface area contributed by atoms with Crippen molar-refractivity contribution in [2.24, 2.45) is 0 Å². The fourth-order valence-corrected chi connectivity index (χ4v) is 2.29. The van der Waals surface area contributed by atoms with Gasteiger partial charge in [0.25, 0.3) is 0 Å². The van der Waals surface area contributed by atoms with E-state index < -0.39 is 5.92 Å². The van der Waals surface area contributed by atoms with Crippen LogP contribution in [0.3, 0.4) is 0 Å². The number of Topliss-reactive ketones (excluding diaryl/α,β-unsaturated/α-hetero) is 1. The van der Waals surface area contributed by atoms with Gasteiger partial charge in [0.2, 0.25) is 0 Å². The number of halogens is 2. The lowest BCUT2D eigenvalue weighted by Crippen LogP contribution is -2.12. The molecule has 0 bridgehead atoms. The maximum Gasteiger partial charge on any atom is 0.186 e. The SMILES string of the molecule is Cc1ccc(C(C#N)C(=O)c2cccc(Cl)c2Cl)cc1. The first kappa shape index (κ1) is 14.6. The highest BCUT2D eigenvalue weighted by Crippen LogP contribution is 2.30. The molecule has 0 heterocycles. The molecule has 0 saturated heterocycles. The molecule has 1 atom stereocenters. The van der Waals surface area contributed by atoms with Crippen molar-refractivity contribution in [1.29, 1.82) is 5.26 Å². The van der Waals surface area contributed by atoms with Gasteiger partial charge in [0.15, 0.2) is 5.78 Å². The molecule has 100 valence electrons. The monoisotopic (exact) mass is 303 g/mol. The maximum atomic E-state index is 12.5. The van der Waals surface area contributed by atoms with Crippen molar-refractivity contribution in [2.45, 2.75) is 12.8 Å². The summed E-state index contributed by atoms with van der Waals surface area (Å²) in [6.07, 6.45) is 0. The van der Waals surface area contributed by atoms with Crippen molar-refractivity contribution in [3.63, 3.8) is 0 Å². The molecular weight excluding hydrogens is 293 g/mol. The zero-order valence-electron chi connectivity index (χ0n) is 10.7. The number of aryl methyl sites for hydroxylation is 1. The van der Waals surface area contributed by atoms with E-state index in [-0.39, 0.29) is 16.4 Å². The summed E-state index contributed by atoms with van der Waals surface area (Å²) in [6, 6.07) is 14.1. The summed E-state index contributed by atoms with van der Waals surface area (Å²) in [7, 11) is 0. The van der Waals surface area contributed by atoms with Crippen LogP contribution in [0.25, 0.3) is 0 Å². The fourth-order valence-electron chi connectivity index (χ4n) is 1.89. The van der Waals surface area contributed by atoms with Crippen LogP contribution in [0.15, 0.2) is 42.5 Å². The quantitative estimate of drug-likeness (QED) is 0.765. The van der Waals surface area contributed by atoms with E-state index in [0.29, 0.717) is 10.6 Å². The number of carbonyl (C=O) groups excluding carboxylic acids is 1. The van der Waals surface area contributed by atoms with Crippen LogP contribution in [0.1, 0.15) is 27.4 Å². The number of ketones is 1. The number of hydrogen-bond acceptors (Lipinski definition) is 2. The van der Waals surface area contributed by atoms with Gasteiger partial charge in [-0.15, -0.1) is 0 Å². The average molecular weight is 304 g/mol. The third-order valence-corrected chi connectivity index (χ3v) is 3.84. The summed E-state index contributed by atoms with van der Waals surface area (Å²) in [5.74, 6) is -1.23. The van der Waals surface area contributed by atoms with Gasteiger partial charge in [-0.3, -0.25) is 4.79 Å². The highest BCUT2D eigenvalue weighted by atomic mass is 35.5. The lowest BCUT2D eigenvalue weighted by Gasteiger charge is -2.11. The zero-order valence-corrected chi connectivity index (χ0v) is 12.2. The van der Waals surface area contributed by atoms with E-state index in [1.807, 2.05) is 25.1 Å². The number of benzene rings is 2. The highest BCUT2D eigenvalue weighted by Gasteiger charge is 2.24. The van der Waals surface area contributed by atoms with Crippen molar-refractivity contribution in [3.8, 4) is 6.07 Å². The molecule has 0 spiro atoms. The first-order valence-electron chi connectivity index (χ1n) is 5.99. The minimum absolute atomic E-state index is 0.187. The Morgan fingerprint density at radius 2 is 1.80 bits per heavy atom. The Balaban J connectivity index is 2.42. The van der Waals surface area contributed by atoms with Crippen LogP contribution in [0.2, 0.25) is 10.0 Å². The lowest BCUT2D eigenvalue weighted by atomic mass is 9.91. The minimum atomic E-state index is -0.883. The average Bonchev–Trinajstić information content (AvgIpc) is 2.44. The van der Waals surface area contributed by atoms with E-state index in [1.165, 1.54) is 0 Å². The number of hydrogen-bond donors (Lipinski definition) is 0. The predicted octanol–water partition coefficient (Wildman–Crippen LogP) is 4.79. The van der Waals surface area contributed by atoms with Gasteiger partial charge in [-0.05, 0) is 24.6 Å². The second-order valence-electron chi connectivity index (χ2n) is 4.44. The Hall–Kier alpha value is -1.82. The van der Waals surface area contributed by atoms with Gasteiger partial charge in [0.1, 0.15) is 5.92 Å². The van der Waals surface area contributed by atoms with Crippen LogP contribution in [0.5, 0.6) is 0 Å². The van der Waals surface area contributed by atoms with Gasteiger partial charge in [0.05, 0.1) is 16.1 Å². The molecule has 1 unspecified atom stereocenters. The summed E-state index contributed by atoms with van der Waals surface area (Å²) >= 11 is 11.9. The topological polar surface area (TPSA) is 40.9 Å². The molecule has 2 nitrogen and oxygen atoms in total. The van der Waals surface area contributed by atoms with E-state index in [9.17, 15) is 10.1 Å². The molecule has 4 heteroatoms. The Labute approximate surface area is 127 Å². The Morgan fingerprint density at radius 1 is 1.15 bits per heavy atom. The molecule has 0 aliphatic heterocycles. The summed E-state index contributed by atoms with van der Waals surface area (Å²) in [5.41, 5.74) is 1.99. The van der Waals surface area contributed by atoms with Gasteiger partial charge in [0, 0.05) is 5.56 Å². The first-order chi connectivity index (χ1) is 9.54. The summed E-state index contributed by atoms with van der Waals surface area (Å²) in [4.78, 5) is 12.5. The third kappa shape index (κ3) is 2.85. The lowest BCUT2D eigenvalue weighted by molar-refractivity contribution is 0.0979. The van der Waals surface area contributed by atoms with Crippen molar-refractivity contribution < 1.29 is 4.79 Å². The first-order valence-corrected chi connectivity index (χ1v) is 6.74. The van der Waals surface area contributed by atoms with Gasteiger partial charge < -0.3 is 0 Å². The Morgan fingerprint density at radius 3 is 2.40 bits per heavy atom. The van der Waals surface area contributed by atoms with Gasteiger partial charge in [-0.25, -0.2) is 0 Å². The van der Waals surface area contributed by atoms with Crippen molar-refractivity contribution in [1.82, 2.24) is 0 Å². The summed E-state index contributed by atoms with van der Waals surface area (Å²) in [6.45, 7) is 1.95. The largest absolute Gasteiger partial charge is 0.292 e. The molecule has 0 radical (unpaired) electrons. The molecule has 0 aromatic heterocycles. The van der Waals surface area contributed by atoms with Crippen molar-refractivity contribution in [2.75, 3.05) is 0 Å². The summed E-state index contributed by atoms with van der Waals surface area (Å²) < 4.78 is 0. The standard InChI is InChI=1S/C16H11Cl2NO/c1-10-5-7-11(8-6-10)13(9-19)16(20)12-3-2-4-14(17)15(12)18/h2-8,13H,1H3. The maximum absolute atomic E-state index is 12.5. The summed E-state index contributed by atoms with van der Waals surface area (Å²) in [5, 5.41) is 9.78. The van der Waals surface area contributed by atoms with Gasteiger partial charge in [-0.2, -0.15) is 5.26 Å². The molecule has 2 aromatic carbocycles. The van der Waals surface area contributed by atoms with Crippen molar-refractivity contribution >= 4 is 29.0 Å². The second kappa shape index (κ2) is 6.09. The number of nitrogens with zero attached hydrogens (tertiary/aromatic N) is 1. The normalized spacial score (nSPS) is 11.7. The predicted molar refractivity (Wildman–Crippen MR) is 80.3 cm³/mol. The van der Waals surface area contributed by atoms with E-state index >= 15 is 0 Å². The van der Waals surface area contributed by atoms with Crippen molar-refractivity contribution in [3.05, 3.63) is 69.2 Å². The van der Waals surface area contributed by atoms with Gasteiger partial charge >= 0.3 is 0 Å². The molecule has 0 fully saturated rings. The van der Waals surface area contributed by atoms with Crippen LogP contribution in [0, 0.1) is 18.3 Å². The number of carbonyl (C=O) groups is 1. The van der Waals surface area contributed by atoms with E-state index in [2.05, 4.69) is 0 Å². The van der Waals surface area contributed by atoms with Crippen LogP contribution in [0.4, 0.5) is 0 Å². The van der Waals surface area contributed by atoms with E-state index in [1.54, 1.807) is 30.3 Å². The molecule has 0 amide bonds. The van der Waals surface area contributed by atoms with Crippen LogP contribution in [-0.2, 0) is 0 Å². The zero-order chi connectivity index (χ0) is 14.7. The molecule has 0 N–H and O–H groups in total. The van der Waals surface area contributed by atoms with Crippen LogP contribution in [-0.4, -0.2) is 5.78 Å². The molecule has 0 aliphatic carbocycles. The minimum Gasteiger partial charge on any atom is -0.292 e. The molecule has 20 heavy (non-hydrogen) atoms. The van der Waals surface area contributed by atoms with Gasteiger partial charge in [-0.1, -0.05) is 59.1 Å². The number of nitriles is 1. The molecule has 2 aromatic rings. The number of rotatable bonds is 3. The molecular formula is C16H11Cl2NO. The van der Waals surface area contributed by atoms with Crippen LogP contribution >= 0.6 is 23.2 Å². The second-order valence-corrected chi connectivity index (χ2v) is 5.22. The molecule has 2 rings (SSSR count). The molecule has 0 saturated carbocycles. The van der Waals surface area contributed by atoms with Crippen LogP contribution < -0.4 is 0 Å². The highest BCUT2D eigenvalue weighted by molar-refractivity contribution is 6.44. The smallest absolute Gasteiger partial charge is 0.186 e.